The molecule has 72 valence electrons. The summed E-state index contributed by atoms with van der Waals surface area (Å²) in [6, 6.07) is 0. The van der Waals surface area contributed by atoms with Gasteiger partial charge in [-0.1, -0.05) is 52.1 Å². The molecular weight excluding hydrogens is 184 g/mol. The predicted molar refractivity (Wildman–Crippen MR) is 59.3 cm³/mol. The maximum Gasteiger partial charge on any atom is 0.153 e. The summed E-state index contributed by atoms with van der Waals surface area (Å²) in [6.45, 7) is 6.94. The monoisotopic (exact) mass is 204 g/mol. The van der Waals surface area contributed by atoms with Gasteiger partial charge in [0.1, 0.15) is 0 Å². The molecule has 0 aromatic rings. The summed E-state index contributed by atoms with van der Waals surface area (Å²) >= 11 is 6.46. The molecule has 1 atom stereocenters. The highest BCUT2D eigenvalue weighted by Crippen LogP contribution is 2.40. The normalized spacial score (nSPS) is 24.0. The lowest BCUT2D eigenvalue weighted by Crippen LogP contribution is -2.30. The van der Waals surface area contributed by atoms with Crippen molar-refractivity contribution in [3.05, 3.63) is 0 Å². The highest BCUT2D eigenvalue weighted by Gasteiger charge is 2.32. The quantitative estimate of drug-likeness (QED) is 0.462. The Balaban J connectivity index is 2.45. The van der Waals surface area contributed by atoms with Crippen molar-refractivity contribution in [1.82, 2.24) is 0 Å². The smallest absolute Gasteiger partial charge is 0.153 e. The van der Waals surface area contributed by atoms with Gasteiger partial charge in [0.05, 0.1) is 0 Å². The summed E-state index contributed by atoms with van der Waals surface area (Å²) in [5.74, 6) is 0.943. The molecule has 0 bridgehead atoms. The van der Waals surface area contributed by atoms with Crippen molar-refractivity contribution in [2.45, 2.75) is 57.7 Å². The van der Waals surface area contributed by atoms with Gasteiger partial charge in [0.2, 0.25) is 0 Å². The third kappa shape index (κ3) is 2.77. The maximum absolute atomic E-state index is 6.46. The maximum atomic E-state index is 6.46. The number of hydrogen-bond donors (Lipinski definition) is 0. The molecule has 1 rings (SSSR count). The second kappa shape index (κ2) is 4.14. The molecular formula is C10H21ClSi. The van der Waals surface area contributed by atoms with E-state index in [1.165, 1.54) is 32.1 Å². The summed E-state index contributed by atoms with van der Waals surface area (Å²) in [5, 5.41) is 0. The molecule has 1 unspecified atom stereocenters. The van der Waals surface area contributed by atoms with Gasteiger partial charge in [-0.15, -0.1) is 0 Å². The Morgan fingerprint density at radius 2 is 1.67 bits per heavy atom. The topological polar surface area (TPSA) is 0 Å². The van der Waals surface area contributed by atoms with Gasteiger partial charge in [-0.25, -0.2) is 0 Å². The Morgan fingerprint density at radius 1 is 1.17 bits per heavy atom. The van der Waals surface area contributed by atoms with E-state index in [0.29, 0.717) is 0 Å². The molecule has 0 heterocycles. The summed E-state index contributed by atoms with van der Waals surface area (Å²) in [4.78, 5) is 0. The lowest BCUT2D eigenvalue weighted by Gasteiger charge is -2.33. The fourth-order valence-electron chi connectivity index (χ4n) is 2.19. The fourth-order valence-corrected chi connectivity index (χ4v) is 4.18. The molecule has 0 aromatic carbocycles. The number of hydrogen-bond acceptors (Lipinski definition) is 0. The second-order valence-corrected chi connectivity index (χ2v) is 11.7. The van der Waals surface area contributed by atoms with Crippen LogP contribution < -0.4 is 0 Å². The molecule has 0 radical (unpaired) electrons. The Bertz CT molecular complexity index is 133. The van der Waals surface area contributed by atoms with Crippen LogP contribution in [0.25, 0.3) is 0 Å². The van der Waals surface area contributed by atoms with E-state index in [1.54, 1.807) is 0 Å². The van der Waals surface area contributed by atoms with E-state index in [1.807, 2.05) is 0 Å². The van der Waals surface area contributed by atoms with Crippen LogP contribution in [0.1, 0.15) is 39.0 Å². The minimum Gasteiger partial charge on any atom is -0.167 e. The van der Waals surface area contributed by atoms with Crippen LogP contribution in [0.2, 0.25) is 18.6 Å². The average molecular weight is 205 g/mol. The minimum atomic E-state index is -1.38. The predicted octanol–water partition coefficient (Wildman–Crippen LogP) is 4.40. The Labute approximate surface area is 82.4 Å². The standard InChI is InChI=1S/C10H21ClSi/c1-9(12(2,3)11)10-7-5-4-6-8-10/h9-10H,4-8H2,1-3H3. The fraction of sp³-hybridized carbons (Fsp3) is 1.00. The zero-order valence-corrected chi connectivity index (χ0v) is 10.3. The molecule has 12 heavy (non-hydrogen) atoms. The molecule has 1 fully saturated rings. The van der Waals surface area contributed by atoms with Gasteiger partial charge in [-0.05, 0) is 11.5 Å². The SMILES string of the molecule is CC(C1CCCCC1)[Si](C)(C)Cl. The summed E-state index contributed by atoms with van der Waals surface area (Å²) in [5.41, 5.74) is 0.805. The first-order valence-electron chi connectivity index (χ1n) is 5.20. The molecule has 1 aliphatic rings. The molecule has 0 spiro atoms. The van der Waals surface area contributed by atoms with E-state index in [4.69, 9.17) is 11.1 Å². The van der Waals surface area contributed by atoms with Crippen molar-refractivity contribution in [3.8, 4) is 0 Å². The van der Waals surface area contributed by atoms with Crippen LogP contribution in [0.3, 0.4) is 0 Å². The van der Waals surface area contributed by atoms with Gasteiger partial charge in [-0.2, -0.15) is 11.1 Å². The van der Waals surface area contributed by atoms with E-state index >= 15 is 0 Å². The number of rotatable bonds is 2. The van der Waals surface area contributed by atoms with Crippen LogP contribution in [0.4, 0.5) is 0 Å². The lowest BCUT2D eigenvalue weighted by molar-refractivity contribution is 0.346. The van der Waals surface area contributed by atoms with Crippen molar-refractivity contribution in [2.24, 2.45) is 5.92 Å². The zero-order valence-electron chi connectivity index (χ0n) is 8.57. The largest absolute Gasteiger partial charge is 0.167 e. The molecule has 1 saturated carbocycles. The van der Waals surface area contributed by atoms with Crippen molar-refractivity contribution in [2.75, 3.05) is 0 Å². The summed E-state index contributed by atoms with van der Waals surface area (Å²) < 4.78 is 0. The average Bonchev–Trinajstić information content (AvgIpc) is 2.03. The Hall–Kier alpha value is 0.507. The van der Waals surface area contributed by atoms with E-state index in [2.05, 4.69) is 20.0 Å². The number of halogens is 1. The van der Waals surface area contributed by atoms with Crippen LogP contribution in [0.5, 0.6) is 0 Å². The Morgan fingerprint density at radius 3 is 2.08 bits per heavy atom. The minimum absolute atomic E-state index is 0.805. The van der Waals surface area contributed by atoms with Crippen LogP contribution in [-0.2, 0) is 0 Å². The van der Waals surface area contributed by atoms with Crippen LogP contribution in [-0.4, -0.2) is 7.38 Å². The molecule has 0 saturated heterocycles. The zero-order chi connectivity index (χ0) is 9.19. The van der Waals surface area contributed by atoms with Gasteiger partial charge < -0.3 is 0 Å². The van der Waals surface area contributed by atoms with E-state index in [0.717, 1.165) is 11.5 Å². The third-order valence-corrected chi connectivity index (χ3v) is 7.11. The van der Waals surface area contributed by atoms with Crippen molar-refractivity contribution in [1.29, 1.82) is 0 Å². The van der Waals surface area contributed by atoms with Crippen molar-refractivity contribution < 1.29 is 0 Å². The van der Waals surface area contributed by atoms with Gasteiger partial charge >= 0.3 is 0 Å². The van der Waals surface area contributed by atoms with Crippen LogP contribution in [0.15, 0.2) is 0 Å². The molecule has 0 amide bonds. The van der Waals surface area contributed by atoms with E-state index in [-0.39, 0.29) is 0 Å². The van der Waals surface area contributed by atoms with Gasteiger partial charge in [-0.3, -0.25) is 0 Å². The highest BCUT2D eigenvalue weighted by atomic mass is 35.6. The molecule has 0 aliphatic heterocycles. The molecule has 0 aromatic heterocycles. The second-order valence-electron chi connectivity index (χ2n) is 4.75. The first-order valence-corrected chi connectivity index (χ1v) is 9.29. The molecule has 0 nitrogen and oxygen atoms in total. The molecule has 2 heteroatoms. The molecule has 0 N–H and O–H groups in total. The molecule has 1 aliphatic carbocycles. The Kier molecular flexibility index (Phi) is 3.66. The van der Waals surface area contributed by atoms with Crippen molar-refractivity contribution in [3.63, 3.8) is 0 Å². The lowest BCUT2D eigenvalue weighted by atomic mass is 9.87. The van der Waals surface area contributed by atoms with Gasteiger partial charge in [0.25, 0.3) is 0 Å². The van der Waals surface area contributed by atoms with Crippen molar-refractivity contribution >= 4 is 18.5 Å². The third-order valence-electron chi connectivity index (χ3n) is 3.44. The van der Waals surface area contributed by atoms with Gasteiger partial charge in [0, 0.05) is 0 Å². The highest BCUT2D eigenvalue weighted by molar-refractivity contribution is 7.19. The first-order chi connectivity index (χ1) is 5.52. The van der Waals surface area contributed by atoms with Crippen LogP contribution >= 0.6 is 11.1 Å². The van der Waals surface area contributed by atoms with Gasteiger partial charge in [0.15, 0.2) is 7.38 Å². The summed E-state index contributed by atoms with van der Waals surface area (Å²) in [7, 11) is -1.38. The van der Waals surface area contributed by atoms with Crippen LogP contribution in [0, 0.1) is 5.92 Å². The first kappa shape index (κ1) is 10.6. The van der Waals surface area contributed by atoms with E-state index < -0.39 is 7.38 Å². The summed E-state index contributed by atoms with van der Waals surface area (Å²) in [6.07, 6.45) is 7.20. The van der Waals surface area contributed by atoms with E-state index in [9.17, 15) is 0 Å².